The number of hydrogen-bond donors (Lipinski definition) is 1. The van der Waals surface area contributed by atoms with Gasteiger partial charge in [-0.25, -0.2) is 0 Å². The Labute approximate surface area is 127 Å². The molecule has 0 radical (unpaired) electrons. The van der Waals surface area contributed by atoms with Crippen LogP contribution in [0.4, 0.5) is 0 Å². The molecule has 0 saturated heterocycles. The van der Waals surface area contributed by atoms with E-state index in [0.717, 1.165) is 36.5 Å². The molecule has 0 amide bonds. The van der Waals surface area contributed by atoms with E-state index in [4.69, 9.17) is 26.8 Å². The first-order chi connectivity index (χ1) is 9.69. The number of rotatable bonds is 10. The van der Waals surface area contributed by atoms with Crippen LogP contribution in [0.15, 0.2) is 24.3 Å². The van der Waals surface area contributed by atoms with Crippen LogP contribution in [-0.2, 0) is 9.47 Å². The van der Waals surface area contributed by atoms with Crippen LogP contribution >= 0.6 is 11.6 Å². The van der Waals surface area contributed by atoms with Crippen LogP contribution in [-0.4, -0.2) is 25.9 Å². The van der Waals surface area contributed by atoms with E-state index in [1.165, 1.54) is 0 Å². The zero-order valence-corrected chi connectivity index (χ0v) is 13.2. The maximum absolute atomic E-state index is 6.15. The van der Waals surface area contributed by atoms with Crippen molar-refractivity contribution >= 4 is 11.6 Å². The molecule has 3 nitrogen and oxygen atoms in total. The van der Waals surface area contributed by atoms with E-state index in [0.29, 0.717) is 13.2 Å². The van der Waals surface area contributed by atoms with E-state index in [1.54, 1.807) is 0 Å². The molecular formula is C16H26ClNO2. The van der Waals surface area contributed by atoms with Gasteiger partial charge in [-0.15, -0.1) is 0 Å². The SMILES string of the molecule is CCCCOCCOC(c1ccc(Cl)cc1)C(N)CC. The van der Waals surface area contributed by atoms with Crippen LogP contribution < -0.4 is 5.73 Å². The van der Waals surface area contributed by atoms with Crippen LogP contribution in [0, 0.1) is 0 Å². The van der Waals surface area contributed by atoms with Crippen molar-refractivity contribution in [3.8, 4) is 0 Å². The van der Waals surface area contributed by atoms with Crippen molar-refractivity contribution < 1.29 is 9.47 Å². The molecule has 2 N–H and O–H groups in total. The summed E-state index contributed by atoms with van der Waals surface area (Å²) in [5, 5.41) is 0.723. The van der Waals surface area contributed by atoms with Gasteiger partial charge in [-0.3, -0.25) is 0 Å². The summed E-state index contributed by atoms with van der Waals surface area (Å²) >= 11 is 5.91. The molecule has 0 spiro atoms. The molecular weight excluding hydrogens is 274 g/mol. The molecule has 1 aromatic rings. The summed E-state index contributed by atoms with van der Waals surface area (Å²) in [5.41, 5.74) is 7.22. The average molecular weight is 300 g/mol. The van der Waals surface area contributed by atoms with Gasteiger partial charge in [0.2, 0.25) is 0 Å². The molecule has 4 heteroatoms. The van der Waals surface area contributed by atoms with Gasteiger partial charge in [0.1, 0.15) is 0 Å². The van der Waals surface area contributed by atoms with Gasteiger partial charge in [-0.2, -0.15) is 0 Å². The number of nitrogens with two attached hydrogens (primary N) is 1. The lowest BCUT2D eigenvalue weighted by atomic mass is 10.0. The fourth-order valence-corrected chi connectivity index (χ4v) is 2.04. The molecule has 0 fully saturated rings. The molecule has 0 aromatic heterocycles. The maximum Gasteiger partial charge on any atom is 0.0976 e. The van der Waals surface area contributed by atoms with Crippen molar-refractivity contribution in [3.05, 3.63) is 34.9 Å². The fourth-order valence-electron chi connectivity index (χ4n) is 1.92. The standard InChI is InChI=1S/C16H26ClNO2/c1-3-5-10-19-11-12-20-16(15(18)4-2)13-6-8-14(17)9-7-13/h6-9,15-16H,3-5,10-12,18H2,1-2H3. The monoisotopic (exact) mass is 299 g/mol. The Morgan fingerprint density at radius 3 is 2.40 bits per heavy atom. The quantitative estimate of drug-likeness (QED) is 0.665. The lowest BCUT2D eigenvalue weighted by Gasteiger charge is -2.24. The zero-order valence-electron chi connectivity index (χ0n) is 12.5. The minimum absolute atomic E-state index is 0.0215. The number of ether oxygens (including phenoxy) is 2. The van der Waals surface area contributed by atoms with Gasteiger partial charge in [0.05, 0.1) is 19.3 Å². The predicted molar refractivity (Wildman–Crippen MR) is 84.1 cm³/mol. The largest absolute Gasteiger partial charge is 0.379 e. The van der Waals surface area contributed by atoms with Gasteiger partial charge in [0.15, 0.2) is 0 Å². The van der Waals surface area contributed by atoms with Crippen molar-refractivity contribution in [2.24, 2.45) is 5.73 Å². The van der Waals surface area contributed by atoms with Gasteiger partial charge in [0, 0.05) is 17.7 Å². The predicted octanol–water partition coefficient (Wildman–Crippen LogP) is 3.95. The van der Waals surface area contributed by atoms with Gasteiger partial charge in [-0.05, 0) is 30.5 Å². The first-order valence-electron chi connectivity index (χ1n) is 7.39. The topological polar surface area (TPSA) is 44.5 Å². The van der Waals surface area contributed by atoms with E-state index in [2.05, 4.69) is 13.8 Å². The number of hydrogen-bond acceptors (Lipinski definition) is 3. The van der Waals surface area contributed by atoms with Crippen molar-refractivity contribution in [3.63, 3.8) is 0 Å². The summed E-state index contributed by atoms with van der Waals surface area (Å²) in [5.74, 6) is 0. The second-order valence-corrected chi connectivity index (χ2v) is 5.32. The second-order valence-electron chi connectivity index (χ2n) is 4.88. The lowest BCUT2D eigenvalue weighted by Crippen LogP contribution is -2.30. The molecule has 0 aliphatic heterocycles. The summed E-state index contributed by atoms with van der Waals surface area (Å²) < 4.78 is 11.4. The third kappa shape index (κ3) is 6.23. The van der Waals surface area contributed by atoms with Crippen LogP contribution in [0.2, 0.25) is 5.02 Å². The van der Waals surface area contributed by atoms with Crippen molar-refractivity contribution in [1.82, 2.24) is 0 Å². The van der Waals surface area contributed by atoms with E-state index in [-0.39, 0.29) is 12.1 Å². The molecule has 0 aliphatic rings. The highest BCUT2D eigenvalue weighted by Gasteiger charge is 2.19. The van der Waals surface area contributed by atoms with Gasteiger partial charge in [-0.1, -0.05) is 44.0 Å². The van der Waals surface area contributed by atoms with E-state index < -0.39 is 0 Å². The Kier molecular flexibility index (Phi) is 8.86. The zero-order chi connectivity index (χ0) is 14.8. The molecule has 1 rings (SSSR count). The molecule has 0 bridgehead atoms. The second kappa shape index (κ2) is 10.2. The van der Waals surface area contributed by atoms with Gasteiger partial charge < -0.3 is 15.2 Å². The Morgan fingerprint density at radius 1 is 1.10 bits per heavy atom. The molecule has 0 saturated carbocycles. The number of halogens is 1. The smallest absolute Gasteiger partial charge is 0.0976 e. The third-order valence-electron chi connectivity index (χ3n) is 3.23. The molecule has 2 atom stereocenters. The van der Waals surface area contributed by atoms with Gasteiger partial charge in [0.25, 0.3) is 0 Å². The van der Waals surface area contributed by atoms with Crippen molar-refractivity contribution in [2.45, 2.75) is 45.3 Å². The lowest BCUT2D eigenvalue weighted by molar-refractivity contribution is -0.00820. The molecule has 0 aliphatic carbocycles. The van der Waals surface area contributed by atoms with Crippen molar-refractivity contribution in [2.75, 3.05) is 19.8 Å². The minimum atomic E-state index is -0.105. The average Bonchev–Trinajstić information content (AvgIpc) is 2.47. The summed E-state index contributed by atoms with van der Waals surface area (Å²) in [6, 6.07) is 7.66. The third-order valence-corrected chi connectivity index (χ3v) is 3.48. The molecule has 1 aromatic carbocycles. The van der Waals surface area contributed by atoms with Crippen LogP contribution in [0.3, 0.4) is 0 Å². The summed E-state index contributed by atoms with van der Waals surface area (Å²) in [6.07, 6.45) is 3.00. The summed E-state index contributed by atoms with van der Waals surface area (Å²) in [7, 11) is 0. The van der Waals surface area contributed by atoms with Crippen molar-refractivity contribution in [1.29, 1.82) is 0 Å². The summed E-state index contributed by atoms with van der Waals surface area (Å²) in [4.78, 5) is 0. The minimum Gasteiger partial charge on any atom is -0.379 e. The van der Waals surface area contributed by atoms with Crippen LogP contribution in [0.5, 0.6) is 0 Å². The van der Waals surface area contributed by atoms with E-state index >= 15 is 0 Å². The van der Waals surface area contributed by atoms with Gasteiger partial charge >= 0.3 is 0 Å². The highest BCUT2D eigenvalue weighted by atomic mass is 35.5. The highest BCUT2D eigenvalue weighted by Crippen LogP contribution is 2.23. The molecule has 0 heterocycles. The highest BCUT2D eigenvalue weighted by molar-refractivity contribution is 6.30. The Morgan fingerprint density at radius 2 is 1.80 bits per heavy atom. The van der Waals surface area contributed by atoms with E-state index in [1.807, 2.05) is 24.3 Å². The number of unbranched alkanes of at least 4 members (excludes halogenated alkanes) is 1. The molecule has 20 heavy (non-hydrogen) atoms. The van der Waals surface area contributed by atoms with E-state index in [9.17, 15) is 0 Å². The number of benzene rings is 1. The normalized spacial score (nSPS) is 14.2. The van der Waals surface area contributed by atoms with Crippen LogP contribution in [0.25, 0.3) is 0 Å². The Bertz CT molecular complexity index is 356. The fraction of sp³-hybridized carbons (Fsp3) is 0.625. The first-order valence-corrected chi connectivity index (χ1v) is 7.77. The Balaban J connectivity index is 2.46. The maximum atomic E-state index is 6.15. The first kappa shape index (κ1) is 17.4. The molecule has 2 unspecified atom stereocenters. The summed E-state index contributed by atoms with van der Waals surface area (Å²) in [6.45, 7) is 6.18. The Hall–Kier alpha value is -0.610. The molecule has 114 valence electrons. The van der Waals surface area contributed by atoms with Crippen LogP contribution in [0.1, 0.15) is 44.8 Å².